The van der Waals surface area contributed by atoms with Crippen LogP contribution in [0.15, 0.2) is 64.1 Å². The maximum atomic E-state index is 12.8. The maximum absolute atomic E-state index is 12.8. The molecule has 0 saturated carbocycles. The van der Waals surface area contributed by atoms with Gasteiger partial charge in [-0.25, -0.2) is 4.79 Å². The second-order valence-corrected chi connectivity index (χ2v) is 8.91. The van der Waals surface area contributed by atoms with Crippen LogP contribution in [0.2, 0.25) is 5.02 Å². The highest BCUT2D eigenvalue weighted by Gasteiger charge is 2.36. The van der Waals surface area contributed by atoms with Gasteiger partial charge in [-0.3, -0.25) is 14.9 Å². The van der Waals surface area contributed by atoms with E-state index >= 15 is 0 Å². The summed E-state index contributed by atoms with van der Waals surface area (Å²) in [5, 5.41) is 11.8. The minimum atomic E-state index is -0.608. The molecule has 0 saturated heterocycles. The summed E-state index contributed by atoms with van der Waals surface area (Å²) in [6, 6.07) is 12.4. The van der Waals surface area contributed by atoms with Crippen molar-refractivity contribution in [3.05, 3.63) is 79.9 Å². The summed E-state index contributed by atoms with van der Waals surface area (Å²) in [7, 11) is 0. The topological polar surface area (TPSA) is 86.5 Å². The second kappa shape index (κ2) is 8.39. The fraction of sp³-hybridized carbons (Fsp3) is 0.238. The molecule has 2 aromatic carbocycles. The molecule has 1 aliphatic carbocycles. The standard InChI is InChI=1S/C21H18ClNO5S/c1-21(2)11-16(24)19(29-18-6-4-3-5-15(18)23(26)27)17(12-21)28-20(25)13-7-9-14(22)10-8-13/h3-10H,11-12H2,1-2H3. The van der Waals surface area contributed by atoms with E-state index in [2.05, 4.69) is 0 Å². The molecular weight excluding hydrogens is 414 g/mol. The summed E-state index contributed by atoms with van der Waals surface area (Å²) in [6.07, 6.45) is 0.624. The van der Waals surface area contributed by atoms with Crippen LogP contribution in [0.1, 0.15) is 37.0 Å². The van der Waals surface area contributed by atoms with E-state index in [0.717, 1.165) is 11.8 Å². The van der Waals surface area contributed by atoms with Crippen LogP contribution in [0.25, 0.3) is 0 Å². The average Bonchev–Trinajstić information content (AvgIpc) is 2.64. The number of rotatable bonds is 5. The Hall–Kier alpha value is -2.64. The van der Waals surface area contributed by atoms with Gasteiger partial charge in [0.2, 0.25) is 0 Å². The predicted molar refractivity (Wildman–Crippen MR) is 111 cm³/mol. The van der Waals surface area contributed by atoms with Gasteiger partial charge in [-0.1, -0.05) is 49.3 Å². The molecule has 8 heteroatoms. The Labute approximate surface area is 177 Å². The number of ether oxygens (including phenoxy) is 1. The normalized spacial score (nSPS) is 15.9. The highest BCUT2D eigenvalue weighted by atomic mass is 35.5. The number of carbonyl (C=O) groups excluding carboxylic acids is 2. The van der Waals surface area contributed by atoms with Crippen molar-refractivity contribution in [2.75, 3.05) is 0 Å². The molecule has 0 spiro atoms. The van der Waals surface area contributed by atoms with E-state index < -0.39 is 10.9 Å². The number of nitro benzene ring substituents is 1. The molecule has 0 aromatic heterocycles. The van der Waals surface area contributed by atoms with Gasteiger partial charge < -0.3 is 4.74 Å². The number of halogens is 1. The van der Waals surface area contributed by atoms with Gasteiger partial charge in [0, 0.05) is 23.9 Å². The van der Waals surface area contributed by atoms with Crippen molar-refractivity contribution in [3.8, 4) is 0 Å². The summed E-state index contributed by atoms with van der Waals surface area (Å²) < 4.78 is 5.59. The monoisotopic (exact) mass is 431 g/mol. The lowest BCUT2D eigenvalue weighted by Crippen LogP contribution is -2.26. The molecule has 150 valence electrons. The summed E-state index contributed by atoms with van der Waals surface area (Å²) in [6.45, 7) is 3.82. The van der Waals surface area contributed by atoms with Crippen molar-refractivity contribution in [3.63, 3.8) is 0 Å². The molecule has 0 bridgehead atoms. The zero-order valence-corrected chi connectivity index (χ0v) is 17.4. The van der Waals surface area contributed by atoms with E-state index in [1.165, 1.54) is 18.2 Å². The molecule has 3 rings (SSSR count). The molecule has 1 aliphatic rings. The Balaban J connectivity index is 1.98. The van der Waals surface area contributed by atoms with E-state index in [1.54, 1.807) is 30.3 Å². The average molecular weight is 432 g/mol. The number of carbonyl (C=O) groups is 2. The van der Waals surface area contributed by atoms with Gasteiger partial charge in [-0.2, -0.15) is 0 Å². The smallest absolute Gasteiger partial charge is 0.343 e. The quantitative estimate of drug-likeness (QED) is 0.338. The van der Waals surface area contributed by atoms with Crippen molar-refractivity contribution in [2.45, 2.75) is 31.6 Å². The Morgan fingerprint density at radius 1 is 1.14 bits per heavy atom. The molecule has 0 atom stereocenters. The van der Waals surface area contributed by atoms with Crippen LogP contribution in [0, 0.1) is 15.5 Å². The number of esters is 1. The third-order valence-electron chi connectivity index (χ3n) is 4.35. The first kappa shape index (κ1) is 21.1. The highest BCUT2D eigenvalue weighted by Crippen LogP contribution is 2.45. The number of allylic oxidation sites excluding steroid dienone is 2. The van der Waals surface area contributed by atoms with E-state index in [9.17, 15) is 19.7 Å². The number of nitrogens with zero attached hydrogens (tertiary/aromatic N) is 1. The van der Waals surface area contributed by atoms with Gasteiger partial charge >= 0.3 is 5.97 Å². The van der Waals surface area contributed by atoms with E-state index in [1.807, 2.05) is 13.8 Å². The molecule has 2 aromatic rings. The zero-order chi connectivity index (χ0) is 21.2. The van der Waals surface area contributed by atoms with Gasteiger partial charge in [-0.15, -0.1) is 0 Å². The Morgan fingerprint density at radius 2 is 1.79 bits per heavy atom. The van der Waals surface area contributed by atoms with Gasteiger partial charge in [0.05, 0.1) is 20.3 Å². The summed E-state index contributed by atoms with van der Waals surface area (Å²) in [5.74, 6) is -0.583. The largest absolute Gasteiger partial charge is 0.426 e. The molecule has 0 unspecified atom stereocenters. The summed E-state index contributed by atoms with van der Waals surface area (Å²) in [5.41, 5.74) is -0.196. The number of nitro groups is 1. The van der Waals surface area contributed by atoms with Crippen LogP contribution >= 0.6 is 23.4 Å². The molecule has 0 heterocycles. The zero-order valence-electron chi connectivity index (χ0n) is 15.8. The van der Waals surface area contributed by atoms with Crippen LogP contribution in [0.4, 0.5) is 5.69 Å². The number of hydrogen-bond acceptors (Lipinski definition) is 6. The molecule has 29 heavy (non-hydrogen) atoms. The maximum Gasteiger partial charge on any atom is 0.343 e. The first-order valence-electron chi connectivity index (χ1n) is 8.82. The third kappa shape index (κ3) is 5.05. The second-order valence-electron chi connectivity index (χ2n) is 7.42. The van der Waals surface area contributed by atoms with Crippen LogP contribution < -0.4 is 0 Å². The van der Waals surface area contributed by atoms with Crippen LogP contribution in [0.5, 0.6) is 0 Å². The van der Waals surface area contributed by atoms with Crippen LogP contribution in [0.3, 0.4) is 0 Å². The number of ketones is 1. The van der Waals surface area contributed by atoms with Crippen molar-refractivity contribution >= 4 is 40.8 Å². The molecule has 0 amide bonds. The Kier molecular flexibility index (Phi) is 6.10. The SMILES string of the molecule is CC1(C)CC(=O)C(Sc2ccccc2[N+](=O)[O-])=C(OC(=O)c2ccc(Cl)cc2)C1. The lowest BCUT2D eigenvalue weighted by molar-refractivity contribution is -0.387. The number of hydrogen-bond donors (Lipinski definition) is 0. The van der Waals surface area contributed by atoms with Crippen molar-refractivity contribution in [2.24, 2.45) is 5.41 Å². The lowest BCUT2D eigenvalue weighted by atomic mass is 9.79. The Morgan fingerprint density at radius 3 is 2.45 bits per heavy atom. The lowest BCUT2D eigenvalue weighted by Gasteiger charge is -2.31. The molecule has 0 aliphatic heterocycles. The first-order chi connectivity index (χ1) is 13.7. The van der Waals surface area contributed by atoms with E-state index in [-0.39, 0.29) is 34.0 Å². The fourth-order valence-corrected chi connectivity index (χ4v) is 4.16. The molecule has 0 radical (unpaired) electrons. The van der Waals surface area contributed by atoms with Crippen LogP contribution in [-0.4, -0.2) is 16.7 Å². The number of para-hydroxylation sites is 1. The first-order valence-corrected chi connectivity index (χ1v) is 10.0. The molecular formula is C21H18ClNO5S. The van der Waals surface area contributed by atoms with Crippen LogP contribution in [-0.2, 0) is 9.53 Å². The van der Waals surface area contributed by atoms with Gasteiger partial charge in [0.25, 0.3) is 5.69 Å². The molecule has 0 fully saturated rings. The molecule has 0 N–H and O–H groups in total. The molecule has 6 nitrogen and oxygen atoms in total. The number of thioether (sulfide) groups is 1. The number of benzene rings is 2. The fourth-order valence-electron chi connectivity index (χ4n) is 3.01. The van der Waals surface area contributed by atoms with Gasteiger partial charge in [0.1, 0.15) is 5.76 Å². The van der Waals surface area contributed by atoms with Crippen molar-refractivity contribution < 1.29 is 19.2 Å². The van der Waals surface area contributed by atoms with E-state index in [0.29, 0.717) is 21.9 Å². The van der Waals surface area contributed by atoms with Gasteiger partial charge in [-0.05, 0) is 35.7 Å². The number of Topliss-reactive ketones (excluding diaryl/α,β-unsaturated/α-hetero) is 1. The minimum Gasteiger partial charge on any atom is -0.426 e. The minimum absolute atomic E-state index is 0.106. The van der Waals surface area contributed by atoms with E-state index in [4.69, 9.17) is 16.3 Å². The summed E-state index contributed by atoms with van der Waals surface area (Å²) >= 11 is 6.82. The third-order valence-corrected chi connectivity index (χ3v) is 5.83. The highest BCUT2D eigenvalue weighted by molar-refractivity contribution is 8.04. The van der Waals surface area contributed by atoms with Crippen molar-refractivity contribution in [1.29, 1.82) is 0 Å². The van der Waals surface area contributed by atoms with Gasteiger partial charge in [0.15, 0.2) is 5.78 Å². The predicted octanol–water partition coefficient (Wildman–Crippen LogP) is 5.80. The Bertz CT molecular complexity index is 1010. The summed E-state index contributed by atoms with van der Waals surface area (Å²) in [4.78, 5) is 36.8. The van der Waals surface area contributed by atoms with Crippen molar-refractivity contribution in [1.82, 2.24) is 0 Å².